The van der Waals surface area contributed by atoms with E-state index in [1.807, 2.05) is 0 Å². The molecular formula is C48H36. The lowest BCUT2D eigenvalue weighted by atomic mass is 9.80. The first-order valence-corrected chi connectivity index (χ1v) is 17.2. The highest BCUT2D eigenvalue weighted by atomic mass is 14.4. The van der Waals surface area contributed by atoms with Crippen LogP contribution in [0.25, 0.3) is 76.8 Å². The summed E-state index contributed by atoms with van der Waals surface area (Å²) in [4.78, 5) is 0. The summed E-state index contributed by atoms with van der Waals surface area (Å²) < 4.78 is 0. The molecule has 228 valence electrons. The van der Waals surface area contributed by atoms with Crippen LogP contribution in [0.15, 0.2) is 146 Å². The molecule has 0 aromatic heterocycles. The highest BCUT2D eigenvalue weighted by Crippen LogP contribution is 2.57. The number of hydrogen-bond acceptors (Lipinski definition) is 0. The second-order valence-corrected chi connectivity index (χ2v) is 15.0. The first kappa shape index (κ1) is 27.6. The Morgan fingerprint density at radius 2 is 0.688 bits per heavy atom. The molecule has 0 heteroatoms. The van der Waals surface area contributed by atoms with E-state index in [1.54, 1.807) is 0 Å². The van der Waals surface area contributed by atoms with Crippen LogP contribution in [0.1, 0.15) is 49.9 Å². The van der Waals surface area contributed by atoms with Gasteiger partial charge in [-0.05, 0) is 123 Å². The Hall–Kier alpha value is -5.46. The van der Waals surface area contributed by atoms with Gasteiger partial charge in [-0.25, -0.2) is 0 Å². The van der Waals surface area contributed by atoms with Gasteiger partial charge in [0, 0.05) is 10.8 Å². The van der Waals surface area contributed by atoms with Crippen LogP contribution >= 0.6 is 0 Å². The lowest BCUT2D eigenvalue weighted by Crippen LogP contribution is -2.15. The maximum absolute atomic E-state index is 2.45. The van der Waals surface area contributed by atoms with Gasteiger partial charge in [-0.1, -0.05) is 149 Å². The molecule has 0 bridgehead atoms. The summed E-state index contributed by atoms with van der Waals surface area (Å²) in [6.07, 6.45) is 0. The van der Waals surface area contributed by atoms with Crippen molar-refractivity contribution in [1.29, 1.82) is 0 Å². The standard InChI is InChI=1S/C48H36/c1-47(2)41-23-21-38-37(45(41)39-19-17-35(27-43(39)47)33-15-13-29-9-5-7-11-31(29)25-33)22-24-42-46(38)40-20-18-36(28-44(40)48(42,3)4)34-16-14-30-10-6-8-12-32(30)26-34/h5-28H,1-4H3. The monoisotopic (exact) mass is 612 g/mol. The Morgan fingerprint density at radius 3 is 1.12 bits per heavy atom. The van der Waals surface area contributed by atoms with E-state index in [1.165, 1.54) is 99.1 Å². The van der Waals surface area contributed by atoms with Crippen LogP contribution in [0.2, 0.25) is 0 Å². The minimum absolute atomic E-state index is 0.0866. The lowest BCUT2D eigenvalue weighted by Gasteiger charge is -2.23. The number of fused-ring (bicyclic) bond motifs is 11. The maximum Gasteiger partial charge on any atom is 0.0159 e. The predicted molar refractivity (Wildman–Crippen MR) is 205 cm³/mol. The molecule has 0 N–H and O–H groups in total. The summed E-state index contributed by atoms with van der Waals surface area (Å²) in [5, 5.41) is 7.85. The molecule has 2 aliphatic rings. The van der Waals surface area contributed by atoms with E-state index in [-0.39, 0.29) is 10.8 Å². The summed E-state index contributed by atoms with van der Waals surface area (Å²) in [6.45, 7) is 9.59. The molecule has 0 nitrogen and oxygen atoms in total. The smallest absolute Gasteiger partial charge is 0.0159 e. The van der Waals surface area contributed by atoms with Gasteiger partial charge in [0.1, 0.15) is 0 Å². The van der Waals surface area contributed by atoms with E-state index in [0.29, 0.717) is 0 Å². The van der Waals surface area contributed by atoms with Gasteiger partial charge in [-0.15, -0.1) is 0 Å². The van der Waals surface area contributed by atoms with Crippen molar-refractivity contribution in [1.82, 2.24) is 0 Å². The maximum atomic E-state index is 2.45. The second kappa shape index (κ2) is 9.55. The fourth-order valence-corrected chi connectivity index (χ4v) is 8.97. The fraction of sp³-hybridized carbons (Fsp3) is 0.125. The third-order valence-electron chi connectivity index (χ3n) is 11.6. The predicted octanol–water partition coefficient (Wildman–Crippen LogP) is 13.1. The van der Waals surface area contributed by atoms with Crippen molar-refractivity contribution in [3.05, 3.63) is 168 Å². The zero-order valence-electron chi connectivity index (χ0n) is 27.9. The minimum Gasteiger partial charge on any atom is -0.0616 e. The Balaban J connectivity index is 1.13. The summed E-state index contributed by atoms with van der Waals surface area (Å²) in [5.74, 6) is 0. The molecule has 0 saturated carbocycles. The van der Waals surface area contributed by atoms with E-state index >= 15 is 0 Å². The van der Waals surface area contributed by atoms with E-state index in [0.717, 1.165) is 0 Å². The average molecular weight is 613 g/mol. The second-order valence-electron chi connectivity index (χ2n) is 15.0. The fourth-order valence-electron chi connectivity index (χ4n) is 8.97. The zero-order chi connectivity index (χ0) is 32.4. The van der Waals surface area contributed by atoms with Crippen molar-refractivity contribution < 1.29 is 0 Å². The van der Waals surface area contributed by atoms with Crippen LogP contribution < -0.4 is 0 Å². The van der Waals surface area contributed by atoms with Gasteiger partial charge in [0.25, 0.3) is 0 Å². The highest BCUT2D eigenvalue weighted by molar-refractivity contribution is 6.11. The van der Waals surface area contributed by atoms with Crippen molar-refractivity contribution in [3.63, 3.8) is 0 Å². The summed E-state index contributed by atoms with van der Waals surface area (Å²) in [5.41, 5.74) is 16.1. The van der Waals surface area contributed by atoms with Crippen molar-refractivity contribution in [3.8, 4) is 44.5 Å². The Bertz CT molecular complexity index is 2480. The normalized spacial score (nSPS) is 15.0. The Labute approximate surface area is 282 Å². The molecule has 0 fully saturated rings. The number of benzene rings is 8. The molecule has 0 spiro atoms. The molecule has 0 amide bonds. The van der Waals surface area contributed by atoms with Gasteiger partial charge in [-0.3, -0.25) is 0 Å². The van der Waals surface area contributed by atoms with Gasteiger partial charge in [0.2, 0.25) is 0 Å². The number of rotatable bonds is 2. The van der Waals surface area contributed by atoms with Gasteiger partial charge >= 0.3 is 0 Å². The van der Waals surface area contributed by atoms with Gasteiger partial charge < -0.3 is 0 Å². The minimum atomic E-state index is -0.0866. The van der Waals surface area contributed by atoms with Crippen LogP contribution in [0, 0.1) is 0 Å². The Kier molecular flexibility index (Phi) is 5.50. The molecule has 48 heavy (non-hydrogen) atoms. The van der Waals surface area contributed by atoms with Crippen molar-refractivity contribution in [2.75, 3.05) is 0 Å². The zero-order valence-corrected chi connectivity index (χ0v) is 27.9. The van der Waals surface area contributed by atoms with Crippen LogP contribution in [-0.2, 0) is 10.8 Å². The van der Waals surface area contributed by atoms with E-state index < -0.39 is 0 Å². The molecule has 0 atom stereocenters. The largest absolute Gasteiger partial charge is 0.0616 e. The first-order chi connectivity index (χ1) is 23.3. The van der Waals surface area contributed by atoms with E-state index in [2.05, 4.69) is 173 Å². The topological polar surface area (TPSA) is 0 Å². The summed E-state index contributed by atoms with van der Waals surface area (Å²) >= 11 is 0. The van der Waals surface area contributed by atoms with Gasteiger partial charge in [0.05, 0.1) is 0 Å². The van der Waals surface area contributed by atoms with Crippen molar-refractivity contribution in [2.24, 2.45) is 0 Å². The molecule has 0 radical (unpaired) electrons. The lowest BCUT2D eigenvalue weighted by molar-refractivity contribution is 0.660. The summed E-state index contributed by atoms with van der Waals surface area (Å²) in [7, 11) is 0. The quantitative estimate of drug-likeness (QED) is 0.182. The first-order valence-electron chi connectivity index (χ1n) is 17.2. The molecule has 8 aromatic rings. The van der Waals surface area contributed by atoms with E-state index in [4.69, 9.17) is 0 Å². The van der Waals surface area contributed by atoms with E-state index in [9.17, 15) is 0 Å². The van der Waals surface area contributed by atoms with Crippen LogP contribution in [0.5, 0.6) is 0 Å². The SMILES string of the molecule is CC1(C)c2cc(-c3ccc4ccccc4c3)ccc2-c2c1ccc1c3c(ccc21)C(C)(C)c1cc(-c2ccc4ccccc4c2)ccc1-3. The summed E-state index contributed by atoms with van der Waals surface area (Å²) in [6, 6.07) is 54.9. The Morgan fingerprint density at radius 1 is 0.312 bits per heavy atom. The molecular weight excluding hydrogens is 577 g/mol. The van der Waals surface area contributed by atoms with Crippen LogP contribution in [0.3, 0.4) is 0 Å². The van der Waals surface area contributed by atoms with Crippen LogP contribution in [0.4, 0.5) is 0 Å². The van der Waals surface area contributed by atoms with Gasteiger partial charge in [-0.2, -0.15) is 0 Å². The molecule has 10 rings (SSSR count). The molecule has 0 heterocycles. The third-order valence-corrected chi connectivity index (χ3v) is 11.6. The van der Waals surface area contributed by atoms with Crippen molar-refractivity contribution >= 4 is 32.3 Å². The van der Waals surface area contributed by atoms with Crippen LogP contribution in [-0.4, -0.2) is 0 Å². The molecule has 0 unspecified atom stereocenters. The molecule has 0 saturated heterocycles. The van der Waals surface area contributed by atoms with Gasteiger partial charge in [0.15, 0.2) is 0 Å². The molecule has 0 aliphatic heterocycles. The third kappa shape index (κ3) is 3.72. The van der Waals surface area contributed by atoms with Crippen molar-refractivity contribution in [2.45, 2.75) is 38.5 Å². The highest BCUT2D eigenvalue weighted by Gasteiger charge is 2.40. The average Bonchev–Trinajstić information content (AvgIpc) is 3.50. The molecule has 2 aliphatic carbocycles. The molecule has 8 aromatic carbocycles. The number of hydrogen-bond donors (Lipinski definition) is 0.